The van der Waals surface area contributed by atoms with Gasteiger partial charge in [0.05, 0.1) is 18.9 Å². The maximum absolute atomic E-state index is 12.5. The molecule has 2 saturated heterocycles. The van der Waals surface area contributed by atoms with E-state index in [4.69, 9.17) is 9.72 Å². The molecular weight excluding hydrogens is 328 g/mol. The summed E-state index contributed by atoms with van der Waals surface area (Å²) in [6, 6.07) is 2.13. The van der Waals surface area contributed by atoms with E-state index in [1.165, 1.54) is 0 Å². The first kappa shape index (κ1) is 19.1. The van der Waals surface area contributed by atoms with Crippen molar-refractivity contribution in [2.24, 2.45) is 0 Å². The van der Waals surface area contributed by atoms with Crippen LogP contribution in [0, 0.1) is 6.92 Å². The zero-order valence-corrected chi connectivity index (χ0v) is 16.2. The quantitative estimate of drug-likeness (QED) is 0.730. The summed E-state index contributed by atoms with van der Waals surface area (Å²) < 4.78 is 5.45. The topological polar surface area (TPSA) is 58.6 Å². The van der Waals surface area contributed by atoms with Crippen molar-refractivity contribution in [3.63, 3.8) is 0 Å². The van der Waals surface area contributed by atoms with Crippen molar-refractivity contribution in [3.8, 4) is 0 Å². The Morgan fingerprint density at radius 1 is 1.23 bits per heavy atom. The first-order valence-electron chi connectivity index (χ1n) is 10.1. The number of anilines is 1. The average molecular weight is 361 g/mol. The molecular formula is C20H32N4O2. The minimum Gasteiger partial charge on any atom is -0.378 e. The molecule has 0 aromatic carbocycles. The minimum absolute atomic E-state index is 0.308. The summed E-state index contributed by atoms with van der Waals surface area (Å²) in [5.74, 6) is 2.44. The molecule has 0 N–H and O–H groups in total. The van der Waals surface area contributed by atoms with Gasteiger partial charge in [-0.3, -0.25) is 4.79 Å². The molecule has 144 valence electrons. The number of hydrogen-bond donors (Lipinski definition) is 0. The number of hydrogen-bond acceptors (Lipinski definition) is 5. The van der Waals surface area contributed by atoms with Gasteiger partial charge in [0.1, 0.15) is 11.6 Å². The maximum atomic E-state index is 12.5. The Labute approximate surface area is 156 Å². The van der Waals surface area contributed by atoms with E-state index < -0.39 is 0 Å². The zero-order valence-electron chi connectivity index (χ0n) is 16.2. The standard InChI is InChI=1S/C20H32N4O2/c1-3-4-5-8-20(25)24-9-6-7-17(15-24)18-14-19(22-16(2)21-18)23-10-12-26-13-11-23/h14,17H,3-13,15H2,1-2H3/t17-/m0/s1. The van der Waals surface area contributed by atoms with E-state index >= 15 is 0 Å². The normalized spacial score (nSPS) is 21.1. The van der Waals surface area contributed by atoms with Crippen LogP contribution < -0.4 is 4.90 Å². The van der Waals surface area contributed by atoms with Gasteiger partial charge >= 0.3 is 0 Å². The van der Waals surface area contributed by atoms with Crippen molar-refractivity contribution < 1.29 is 9.53 Å². The molecule has 0 spiro atoms. The highest BCUT2D eigenvalue weighted by Gasteiger charge is 2.26. The van der Waals surface area contributed by atoms with Gasteiger partial charge in [-0.1, -0.05) is 19.8 Å². The smallest absolute Gasteiger partial charge is 0.222 e. The monoisotopic (exact) mass is 360 g/mol. The molecule has 26 heavy (non-hydrogen) atoms. The number of likely N-dealkylation sites (tertiary alicyclic amines) is 1. The molecule has 2 aliphatic rings. The van der Waals surface area contributed by atoms with Crippen LogP contribution in [0.4, 0.5) is 5.82 Å². The molecule has 1 amide bonds. The molecule has 0 bridgehead atoms. The van der Waals surface area contributed by atoms with Crippen LogP contribution in [-0.2, 0) is 9.53 Å². The number of carbonyl (C=O) groups excluding carboxylic acids is 1. The summed E-state index contributed by atoms with van der Waals surface area (Å²) in [6.07, 6.45) is 6.13. The van der Waals surface area contributed by atoms with Crippen molar-refractivity contribution >= 4 is 11.7 Å². The van der Waals surface area contributed by atoms with Gasteiger partial charge in [0, 0.05) is 44.6 Å². The molecule has 0 aliphatic carbocycles. The second-order valence-corrected chi connectivity index (χ2v) is 7.43. The largest absolute Gasteiger partial charge is 0.378 e. The Hall–Kier alpha value is -1.69. The van der Waals surface area contributed by atoms with Gasteiger partial charge in [0.25, 0.3) is 0 Å². The fraction of sp³-hybridized carbons (Fsp3) is 0.750. The number of aryl methyl sites for hydroxylation is 1. The summed E-state index contributed by atoms with van der Waals surface area (Å²) in [6.45, 7) is 9.08. The maximum Gasteiger partial charge on any atom is 0.222 e. The van der Waals surface area contributed by atoms with Crippen molar-refractivity contribution in [3.05, 3.63) is 17.6 Å². The fourth-order valence-corrected chi connectivity index (χ4v) is 3.87. The first-order chi connectivity index (χ1) is 12.7. The molecule has 0 unspecified atom stereocenters. The molecule has 2 fully saturated rings. The molecule has 2 aliphatic heterocycles. The van der Waals surface area contributed by atoms with E-state index in [-0.39, 0.29) is 0 Å². The summed E-state index contributed by atoms with van der Waals surface area (Å²) in [7, 11) is 0. The fourth-order valence-electron chi connectivity index (χ4n) is 3.87. The highest BCUT2D eigenvalue weighted by Crippen LogP contribution is 2.28. The van der Waals surface area contributed by atoms with Crippen LogP contribution in [0.3, 0.4) is 0 Å². The summed E-state index contributed by atoms with van der Waals surface area (Å²) in [4.78, 5) is 26.2. The summed E-state index contributed by atoms with van der Waals surface area (Å²) in [5.41, 5.74) is 1.09. The second kappa shape index (κ2) is 9.31. The number of amides is 1. The predicted octanol–water partition coefficient (Wildman–Crippen LogP) is 2.91. The Balaban J connectivity index is 1.67. The minimum atomic E-state index is 0.308. The van der Waals surface area contributed by atoms with E-state index in [1.54, 1.807) is 0 Å². The third-order valence-corrected chi connectivity index (χ3v) is 5.37. The van der Waals surface area contributed by atoms with Crippen LogP contribution in [0.2, 0.25) is 0 Å². The third-order valence-electron chi connectivity index (χ3n) is 5.37. The molecule has 3 rings (SSSR count). The van der Waals surface area contributed by atoms with Crippen LogP contribution in [0.15, 0.2) is 6.07 Å². The Morgan fingerprint density at radius 2 is 2.04 bits per heavy atom. The van der Waals surface area contributed by atoms with E-state index in [1.807, 2.05) is 6.92 Å². The molecule has 1 aromatic rings. The average Bonchev–Trinajstić information content (AvgIpc) is 2.68. The molecule has 1 aromatic heterocycles. The van der Waals surface area contributed by atoms with Gasteiger partial charge in [-0.2, -0.15) is 0 Å². The van der Waals surface area contributed by atoms with E-state index in [2.05, 4.69) is 27.8 Å². The summed E-state index contributed by atoms with van der Waals surface area (Å²) in [5, 5.41) is 0. The number of nitrogens with zero attached hydrogens (tertiary/aromatic N) is 4. The van der Waals surface area contributed by atoms with Gasteiger partial charge in [0.15, 0.2) is 0 Å². The number of morpholine rings is 1. The van der Waals surface area contributed by atoms with Crippen molar-refractivity contribution in [2.45, 2.75) is 58.3 Å². The number of unbranched alkanes of at least 4 members (excludes halogenated alkanes) is 2. The Kier molecular flexibility index (Phi) is 6.83. The first-order valence-corrected chi connectivity index (χ1v) is 10.1. The van der Waals surface area contributed by atoms with Gasteiger partial charge in [-0.05, 0) is 26.2 Å². The van der Waals surface area contributed by atoms with Crippen LogP contribution >= 0.6 is 0 Å². The number of aromatic nitrogens is 2. The SMILES string of the molecule is CCCCCC(=O)N1CCC[C@H](c2cc(N3CCOCC3)nc(C)n2)C1. The molecule has 1 atom stereocenters. The highest BCUT2D eigenvalue weighted by molar-refractivity contribution is 5.76. The van der Waals surface area contributed by atoms with Crippen LogP contribution in [0.1, 0.15) is 62.9 Å². The van der Waals surface area contributed by atoms with Crippen molar-refractivity contribution in [2.75, 3.05) is 44.3 Å². The van der Waals surface area contributed by atoms with Crippen LogP contribution in [-0.4, -0.2) is 60.2 Å². The molecule has 0 radical (unpaired) electrons. The number of rotatable bonds is 6. The van der Waals surface area contributed by atoms with Gasteiger partial charge < -0.3 is 14.5 Å². The number of ether oxygens (including phenoxy) is 1. The van der Waals surface area contributed by atoms with Crippen molar-refractivity contribution in [1.82, 2.24) is 14.9 Å². The lowest BCUT2D eigenvalue weighted by molar-refractivity contribution is -0.132. The lowest BCUT2D eigenvalue weighted by Gasteiger charge is -2.33. The highest BCUT2D eigenvalue weighted by atomic mass is 16.5. The summed E-state index contributed by atoms with van der Waals surface area (Å²) >= 11 is 0. The van der Waals surface area contributed by atoms with Gasteiger partial charge in [-0.15, -0.1) is 0 Å². The van der Waals surface area contributed by atoms with Crippen LogP contribution in [0.5, 0.6) is 0 Å². The Morgan fingerprint density at radius 3 is 2.81 bits per heavy atom. The van der Waals surface area contributed by atoms with E-state index in [0.717, 1.165) is 88.8 Å². The third kappa shape index (κ3) is 4.93. The molecule has 6 heteroatoms. The number of carbonyl (C=O) groups is 1. The zero-order chi connectivity index (χ0) is 18.4. The van der Waals surface area contributed by atoms with Gasteiger partial charge in [-0.25, -0.2) is 9.97 Å². The van der Waals surface area contributed by atoms with Crippen molar-refractivity contribution in [1.29, 1.82) is 0 Å². The van der Waals surface area contributed by atoms with Gasteiger partial charge in [0.2, 0.25) is 5.91 Å². The Bertz CT molecular complexity index is 601. The molecule has 6 nitrogen and oxygen atoms in total. The second-order valence-electron chi connectivity index (χ2n) is 7.43. The predicted molar refractivity (Wildman–Crippen MR) is 102 cm³/mol. The van der Waals surface area contributed by atoms with E-state index in [9.17, 15) is 4.79 Å². The number of piperidine rings is 1. The molecule has 3 heterocycles. The molecule has 0 saturated carbocycles. The van der Waals surface area contributed by atoms with E-state index in [0.29, 0.717) is 18.2 Å². The van der Waals surface area contributed by atoms with Crippen LogP contribution in [0.25, 0.3) is 0 Å². The lowest BCUT2D eigenvalue weighted by Crippen LogP contribution is -2.39. The lowest BCUT2D eigenvalue weighted by atomic mass is 9.94.